The van der Waals surface area contributed by atoms with Crippen LogP contribution in [0.2, 0.25) is 0 Å². The first-order chi connectivity index (χ1) is 23.2. The number of fused-ring (bicyclic) bond motifs is 6. The Morgan fingerprint density at radius 3 is 1.54 bits per heavy atom. The van der Waals surface area contributed by atoms with Crippen molar-refractivity contribution in [3.8, 4) is 22.5 Å². The summed E-state index contributed by atoms with van der Waals surface area (Å²) in [6.07, 6.45) is -4.75. The minimum absolute atomic E-state index is 0.0185. The Kier molecular flexibility index (Phi) is 6.44. The Morgan fingerprint density at radius 2 is 1.02 bits per heavy atom. The minimum atomic E-state index is -4.75. The number of alkyl halides is 3. The third kappa shape index (κ3) is 4.29. The van der Waals surface area contributed by atoms with Crippen molar-refractivity contribution in [3.05, 3.63) is 155 Å². The summed E-state index contributed by atoms with van der Waals surface area (Å²) in [6, 6.07) is 35.3. The molecule has 0 unspecified atom stereocenters. The molecule has 7 heteroatoms. The van der Waals surface area contributed by atoms with Gasteiger partial charge in [-0.3, -0.25) is 0 Å². The van der Waals surface area contributed by atoms with Crippen LogP contribution in [0.5, 0.6) is 0 Å². The van der Waals surface area contributed by atoms with E-state index in [1.54, 1.807) is 12.1 Å². The van der Waals surface area contributed by atoms with E-state index >= 15 is 0 Å². The van der Waals surface area contributed by atoms with Gasteiger partial charge in [-0.2, -0.15) is 13.2 Å². The van der Waals surface area contributed by atoms with Gasteiger partial charge in [0.25, 0.3) is 0 Å². The fourth-order valence-corrected chi connectivity index (χ4v) is 7.06. The van der Waals surface area contributed by atoms with Crippen LogP contribution in [0.1, 0.15) is 16.7 Å². The van der Waals surface area contributed by atoms with Crippen molar-refractivity contribution in [2.75, 3.05) is 0 Å². The molecule has 0 aliphatic rings. The molecule has 0 saturated heterocycles. The highest BCUT2D eigenvalue weighted by molar-refractivity contribution is 6.12. The maximum atomic E-state index is 14.6. The summed E-state index contributed by atoms with van der Waals surface area (Å²) in [6.45, 7) is 20.1. The van der Waals surface area contributed by atoms with Crippen LogP contribution in [0.3, 0.4) is 0 Å². The highest BCUT2D eigenvalue weighted by Crippen LogP contribution is 2.49. The van der Waals surface area contributed by atoms with E-state index in [0.717, 1.165) is 60.8 Å². The van der Waals surface area contributed by atoms with E-state index in [4.69, 9.17) is 13.1 Å². The van der Waals surface area contributed by atoms with Crippen molar-refractivity contribution >= 4 is 55.0 Å². The average molecular weight is 631 g/mol. The SMILES string of the molecule is [C-]#[N+]c1cc(-n2c3ccccc3c3cc(C)ccc32)c(-n2c3ccccc3c3cc(C)ccc32)cc1-c1c([N+]#[C-])cccc1C(F)(F)F. The third-order valence-corrected chi connectivity index (χ3v) is 9.09. The fraction of sp³-hybridized carbons (Fsp3) is 0.0732. The number of halogens is 3. The van der Waals surface area contributed by atoms with Gasteiger partial charge in [-0.25, -0.2) is 9.69 Å². The van der Waals surface area contributed by atoms with Gasteiger partial charge >= 0.3 is 6.18 Å². The lowest BCUT2D eigenvalue weighted by Crippen LogP contribution is -2.08. The molecule has 0 radical (unpaired) electrons. The second-order valence-corrected chi connectivity index (χ2v) is 12.0. The highest BCUT2D eigenvalue weighted by Gasteiger charge is 2.35. The van der Waals surface area contributed by atoms with E-state index in [0.29, 0.717) is 11.4 Å². The van der Waals surface area contributed by atoms with Crippen LogP contribution in [0, 0.1) is 27.0 Å². The number of hydrogen-bond acceptors (Lipinski definition) is 0. The molecular formula is C41H25F3N4. The van der Waals surface area contributed by atoms with Gasteiger partial charge in [0.2, 0.25) is 0 Å². The Labute approximate surface area is 274 Å². The van der Waals surface area contributed by atoms with Gasteiger partial charge in [0.05, 0.1) is 52.1 Å². The van der Waals surface area contributed by atoms with E-state index in [9.17, 15) is 13.2 Å². The molecule has 8 rings (SSSR count). The van der Waals surface area contributed by atoms with Crippen molar-refractivity contribution in [1.82, 2.24) is 9.13 Å². The lowest BCUT2D eigenvalue weighted by molar-refractivity contribution is -0.137. The monoisotopic (exact) mass is 630 g/mol. The third-order valence-electron chi connectivity index (χ3n) is 9.09. The summed E-state index contributed by atoms with van der Waals surface area (Å²) in [5.74, 6) is 0. The number of para-hydroxylation sites is 2. The molecule has 2 aromatic heterocycles. The Bertz CT molecular complexity index is 2710. The van der Waals surface area contributed by atoms with Crippen molar-refractivity contribution in [2.24, 2.45) is 0 Å². The average Bonchev–Trinajstić information content (AvgIpc) is 3.59. The van der Waals surface area contributed by atoms with Gasteiger partial charge < -0.3 is 9.13 Å². The number of nitrogens with zero attached hydrogens (tertiary/aromatic N) is 4. The second kappa shape index (κ2) is 10.6. The Hall–Kier alpha value is -6.31. The number of aromatic nitrogens is 2. The minimum Gasteiger partial charge on any atom is -0.308 e. The van der Waals surface area contributed by atoms with Gasteiger partial charge in [0, 0.05) is 21.5 Å². The molecule has 0 amide bonds. The molecule has 0 aliphatic heterocycles. The van der Waals surface area contributed by atoms with E-state index in [-0.39, 0.29) is 22.5 Å². The number of benzene rings is 6. The fourth-order valence-electron chi connectivity index (χ4n) is 7.06. The maximum Gasteiger partial charge on any atom is 0.415 e. The molecule has 0 N–H and O–H groups in total. The molecule has 0 spiro atoms. The molecule has 0 aliphatic carbocycles. The maximum absolute atomic E-state index is 14.6. The summed E-state index contributed by atoms with van der Waals surface area (Å²) in [4.78, 5) is 7.30. The van der Waals surface area contributed by atoms with E-state index in [1.165, 1.54) is 12.1 Å². The van der Waals surface area contributed by atoms with Crippen LogP contribution in [-0.2, 0) is 6.18 Å². The van der Waals surface area contributed by atoms with Crippen LogP contribution in [-0.4, -0.2) is 9.13 Å². The number of rotatable bonds is 3. The molecule has 6 aromatic carbocycles. The number of aryl methyl sites for hydroxylation is 2. The van der Waals surface area contributed by atoms with Crippen molar-refractivity contribution < 1.29 is 13.2 Å². The largest absolute Gasteiger partial charge is 0.415 e. The van der Waals surface area contributed by atoms with Crippen LogP contribution in [0.15, 0.2) is 115 Å². The highest BCUT2D eigenvalue weighted by atomic mass is 19.4. The first-order valence-electron chi connectivity index (χ1n) is 15.3. The van der Waals surface area contributed by atoms with Crippen molar-refractivity contribution in [1.29, 1.82) is 0 Å². The molecule has 0 saturated carbocycles. The van der Waals surface area contributed by atoms with Crippen molar-refractivity contribution in [2.45, 2.75) is 20.0 Å². The second-order valence-electron chi connectivity index (χ2n) is 12.0. The summed E-state index contributed by atoms with van der Waals surface area (Å²) < 4.78 is 48.0. The van der Waals surface area contributed by atoms with Gasteiger partial charge in [0.15, 0.2) is 11.4 Å². The quantitative estimate of drug-likeness (QED) is 0.173. The lowest BCUT2D eigenvalue weighted by atomic mass is 9.94. The molecule has 4 nitrogen and oxygen atoms in total. The Morgan fingerprint density at radius 1 is 0.521 bits per heavy atom. The topological polar surface area (TPSA) is 18.6 Å². The molecule has 230 valence electrons. The van der Waals surface area contributed by atoms with Crippen LogP contribution in [0.25, 0.3) is 75.8 Å². The molecule has 8 aromatic rings. The molecular weight excluding hydrogens is 605 g/mol. The smallest absolute Gasteiger partial charge is 0.308 e. The molecule has 0 fully saturated rings. The Balaban J connectivity index is 1.61. The zero-order valence-corrected chi connectivity index (χ0v) is 25.9. The first-order valence-corrected chi connectivity index (χ1v) is 15.3. The lowest BCUT2D eigenvalue weighted by Gasteiger charge is -2.21. The van der Waals surface area contributed by atoms with Crippen molar-refractivity contribution in [3.63, 3.8) is 0 Å². The molecule has 48 heavy (non-hydrogen) atoms. The summed E-state index contributed by atoms with van der Waals surface area (Å²) in [5.41, 5.74) is 5.59. The first kappa shape index (κ1) is 29.1. The van der Waals surface area contributed by atoms with Gasteiger partial charge in [-0.1, -0.05) is 77.9 Å². The normalized spacial score (nSPS) is 11.8. The van der Waals surface area contributed by atoms with Crippen LogP contribution >= 0.6 is 0 Å². The summed E-state index contributed by atoms with van der Waals surface area (Å²) in [7, 11) is 0. The van der Waals surface area contributed by atoms with Gasteiger partial charge in [-0.15, -0.1) is 0 Å². The van der Waals surface area contributed by atoms with Crippen LogP contribution < -0.4 is 0 Å². The molecule has 0 bridgehead atoms. The summed E-state index contributed by atoms with van der Waals surface area (Å²) in [5, 5.41) is 4.04. The van der Waals surface area contributed by atoms with E-state index in [2.05, 4.69) is 37.0 Å². The van der Waals surface area contributed by atoms with Crippen LogP contribution in [0.4, 0.5) is 24.5 Å². The standard InChI is InChI=1S/C41H25F3N4/c1-24-16-18-36-28(20-24)26-10-5-7-14-34(26)47(36)38-22-30(40-31(41(42,43)44)12-9-13-32(40)45-3)33(46-4)23-39(38)48-35-15-8-6-11-27(35)29-21-25(2)17-19-37(29)48/h5-23H,1-2H3. The summed E-state index contributed by atoms with van der Waals surface area (Å²) >= 11 is 0. The zero-order valence-electron chi connectivity index (χ0n) is 25.9. The van der Waals surface area contributed by atoms with Gasteiger partial charge in [0.1, 0.15) is 0 Å². The molecule has 2 heterocycles. The predicted molar refractivity (Wildman–Crippen MR) is 188 cm³/mol. The van der Waals surface area contributed by atoms with E-state index in [1.807, 2.05) is 80.6 Å². The van der Waals surface area contributed by atoms with Gasteiger partial charge in [-0.05, 0) is 73.5 Å². The van der Waals surface area contributed by atoms with E-state index < -0.39 is 11.7 Å². The predicted octanol–water partition coefficient (Wildman–Crippen LogP) is 12.3. The zero-order chi connectivity index (χ0) is 33.3. The number of hydrogen-bond donors (Lipinski definition) is 0. The molecule has 0 atom stereocenters.